The summed E-state index contributed by atoms with van der Waals surface area (Å²) in [4.78, 5) is 4.27. The van der Waals surface area contributed by atoms with E-state index in [-0.39, 0.29) is 6.10 Å². The molecular weight excluding hydrogens is 268 g/mol. The van der Waals surface area contributed by atoms with E-state index in [1.54, 1.807) is 0 Å². The molecule has 2 N–H and O–H groups in total. The van der Waals surface area contributed by atoms with Crippen molar-refractivity contribution in [2.24, 2.45) is 0 Å². The minimum atomic E-state index is -0.389. The molecule has 1 aromatic rings. The number of aryl methyl sites for hydroxylation is 1. The van der Waals surface area contributed by atoms with E-state index >= 15 is 0 Å². The van der Waals surface area contributed by atoms with Gasteiger partial charge in [-0.25, -0.2) is 0 Å². The van der Waals surface area contributed by atoms with Crippen LogP contribution in [-0.4, -0.2) is 72.6 Å². The second kappa shape index (κ2) is 7.75. The van der Waals surface area contributed by atoms with E-state index in [0.29, 0.717) is 25.4 Å². The molecule has 1 unspecified atom stereocenters. The summed E-state index contributed by atoms with van der Waals surface area (Å²) in [6, 6.07) is 5.77. The maximum absolute atomic E-state index is 10.2. The van der Waals surface area contributed by atoms with Gasteiger partial charge < -0.3 is 14.9 Å². The second-order valence-electron chi connectivity index (χ2n) is 5.85. The van der Waals surface area contributed by atoms with Gasteiger partial charge in [0, 0.05) is 38.3 Å². The standard InChI is InChI=1S/C16H26N2O3/c1-13-4-3-5-14(16(13)20)10-17(2)11-15(19)12-18-6-8-21-9-7-18/h3-5,15,19-20H,6-12H2,1-2H3. The van der Waals surface area contributed by atoms with Gasteiger partial charge in [0.1, 0.15) is 5.75 Å². The number of rotatable bonds is 6. The molecule has 0 saturated carbocycles. The molecule has 0 aliphatic carbocycles. The third-order valence-corrected chi connectivity index (χ3v) is 3.86. The largest absolute Gasteiger partial charge is 0.507 e. The number of hydrogen-bond donors (Lipinski definition) is 2. The van der Waals surface area contributed by atoms with Crippen LogP contribution >= 0.6 is 0 Å². The Bertz CT molecular complexity index is 447. The predicted octanol–water partition coefficient (Wildman–Crippen LogP) is 0.826. The average molecular weight is 294 g/mol. The van der Waals surface area contributed by atoms with Gasteiger partial charge in [-0.05, 0) is 19.5 Å². The molecule has 2 rings (SSSR count). The van der Waals surface area contributed by atoms with Crippen molar-refractivity contribution < 1.29 is 14.9 Å². The lowest BCUT2D eigenvalue weighted by Crippen LogP contribution is -2.43. The number of aromatic hydroxyl groups is 1. The maximum Gasteiger partial charge on any atom is 0.122 e. The Labute approximate surface area is 126 Å². The van der Waals surface area contributed by atoms with Gasteiger partial charge in [0.05, 0.1) is 19.3 Å². The first-order valence-electron chi connectivity index (χ1n) is 7.50. The SMILES string of the molecule is Cc1cccc(CN(C)CC(O)CN2CCOCC2)c1O. The van der Waals surface area contributed by atoms with Gasteiger partial charge in [-0.15, -0.1) is 0 Å². The summed E-state index contributed by atoms with van der Waals surface area (Å²) in [5, 5.41) is 20.2. The minimum Gasteiger partial charge on any atom is -0.507 e. The van der Waals surface area contributed by atoms with E-state index < -0.39 is 0 Å². The molecule has 5 heteroatoms. The fraction of sp³-hybridized carbons (Fsp3) is 0.625. The van der Waals surface area contributed by atoms with E-state index in [9.17, 15) is 10.2 Å². The zero-order valence-electron chi connectivity index (χ0n) is 13.0. The molecule has 5 nitrogen and oxygen atoms in total. The van der Waals surface area contributed by atoms with Crippen molar-refractivity contribution in [2.45, 2.75) is 19.6 Å². The van der Waals surface area contributed by atoms with Crippen LogP contribution in [-0.2, 0) is 11.3 Å². The number of nitrogens with zero attached hydrogens (tertiary/aromatic N) is 2. The molecule has 1 aromatic carbocycles. The molecule has 118 valence electrons. The predicted molar refractivity (Wildman–Crippen MR) is 82.4 cm³/mol. The highest BCUT2D eigenvalue weighted by Gasteiger charge is 2.16. The first-order chi connectivity index (χ1) is 10.1. The number of β-amino-alcohol motifs (C(OH)–C–C–N with tert-alkyl or cyclic N) is 1. The fourth-order valence-corrected chi connectivity index (χ4v) is 2.70. The highest BCUT2D eigenvalue weighted by atomic mass is 16.5. The number of para-hydroxylation sites is 1. The number of likely N-dealkylation sites (N-methyl/N-ethyl adjacent to an activating group) is 1. The number of phenolic OH excluding ortho intramolecular Hbond substituents is 1. The molecule has 1 atom stereocenters. The monoisotopic (exact) mass is 294 g/mol. The molecule has 1 aliphatic heterocycles. The Morgan fingerprint density at radius 2 is 2.05 bits per heavy atom. The van der Waals surface area contributed by atoms with Crippen LogP contribution in [0.5, 0.6) is 5.75 Å². The van der Waals surface area contributed by atoms with Crippen molar-refractivity contribution >= 4 is 0 Å². The van der Waals surface area contributed by atoms with Crippen LogP contribution in [0, 0.1) is 6.92 Å². The molecule has 1 saturated heterocycles. The Morgan fingerprint density at radius 3 is 2.76 bits per heavy atom. The number of morpholine rings is 1. The third-order valence-electron chi connectivity index (χ3n) is 3.86. The Kier molecular flexibility index (Phi) is 5.99. The van der Waals surface area contributed by atoms with Crippen molar-refractivity contribution in [3.8, 4) is 5.75 Å². The van der Waals surface area contributed by atoms with Crippen molar-refractivity contribution in [3.63, 3.8) is 0 Å². The van der Waals surface area contributed by atoms with Gasteiger partial charge in [-0.1, -0.05) is 18.2 Å². The van der Waals surface area contributed by atoms with E-state index in [2.05, 4.69) is 4.90 Å². The van der Waals surface area contributed by atoms with Crippen LogP contribution in [0.4, 0.5) is 0 Å². The molecule has 0 aromatic heterocycles. The van der Waals surface area contributed by atoms with Crippen LogP contribution < -0.4 is 0 Å². The van der Waals surface area contributed by atoms with Crippen molar-refractivity contribution in [1.82, 2.24) is 9.80 Å². The van der Waals surface area contributed by atoms with Gasteiger partial charge in [0.25, 0.3) is 0 Å². The topological polar surface area (TPSA) is 56.2 Å². The molecule has 0 spiro atoms. The zero-order valence-corrected chi connectivity index (χ0v) is 13.0. The lowest BCUT2D eigenvalue weighted by molar-refractivity contribution is 0.00821. The van der Waals surface area contributed by atoms with Gasteiger partial charge in [0.2, 0.25) is 0 Å². The maximum atomic E-state index is 10.2. The van der Waals surface area contributed by atoms with E-state index in [4.69, 9.17) is 4.74 Å². The van der Waals surface area contributed by atoms with Gasteiger partial charge in [-0.3, -0.25) is 9.80 Å². The first kappa shape index (κ1) is 16.2. The van der Waals surface area contributed by atoms with Crippen LogP contribution in [0.15, 0.2) is 18.2 Å². The van der Waals surface area contributed by atoms with Crippen LogP contribution in [0.3, 0.4) is 0 Å². The van der Waals surface area contributed by atoms with Crippen LogP contribution in [0.25, 0.3) is 0 Å². The number of benzene rings is 1. The average Bonchev–Trinajstić information content (AvgIpc) is 2.44. The summed E-state index contributed by atoms with van der Waals surface area (Å²) in [5.74, 6) is 0.354. The van der Waals surface area contributed by atoms with Crippen molar-refractivity contribution in [2.75, 3.05) is 46.4 Å². The number of aliphatic hydroxyl groups is 1. The fourth-order valence-electron chi connectivity index (χ4n) is 2.70. The van der Waals surface area contributed by atoms with E-state index in [0.717, 1.165) is 37.4 Å². The second-order valence-corrected chi connectivity index (χ2v) is 5.85. The first-order valence-corrected chi connectivity index (χ1v) is 7.50. The molecule has 0 bridgehead atoms. The van der Waals surface area contributed by atoms with Gasteiger partial charge in [-0.2, -0.15) is 0 Å². The molecule has 1 heterocycles. The molecular formula is C16H26N2O3. The Hall–Kier alpha value is -1.14. The van der Waals surface area contributed by atoms with Crippen molar-refractivity contribution in [1.29, 1.82) is 0 Å². The Morgan fingerprint density at radius 1 is 1.33 bits per heavy atom. The number of hydrogen-bond acceptors (Lipinski definition) is 5. The number of ether oxygens (including phenoxy) is 1. The summed E-state index contributed by atoms with van der Waals surface area (Å²) in [6.07, 6.45) is -0.389. The smallest absolute Gasteiger partial charge is 0.122 e. The Balaban J connectivity index is 1.80. The highest BCUT2D eigenvalue weighted by Crippen LogP contribution is 2.22. The highest BCUT2D eigenvalue weighted by molar-refractivity contribution is 5.39. The summed E-state index contributed by atoms with van der Waals surface area (Å²) in [5.41, 5.74) is 1.78. The summed E-state index contributed by atoms with van der Waals surface area (Å²) in [6.45, 7) is 7.07. The van der Waals surface area contributed by atoms with E-state index in [1.807, 2.05) is 37.1 Å². The van der Waals surface area contributed by atoms with Gasteiger partial charge >= 0.3 is 0 Å². The lowest BCUT2D eigenvalue weighted by atomic mass is 10.1. The van der Waals surface area contributed by atoms with Gasteiger partial charge in [0.15, 0.2) is 0 Å². The summed E-state index contributed by atoms with van der Waals surface area (Å²) in [7, 11) is 1.96. The molecule has 1 fully saturated rings. The zero-order chi connectivity index (χ0) is 15.2. The normalized spacial score (nSPS) is 18.1. The number of aliphatic hydroxyl groups excluding tert-OH is 1. The summed E-state index contributed by atoms with van der Waals surface area (Å²) >= 11 is 0. The van der Waals surface area contributed by atoms with E-state index in [1.165, 1.54) is 0 Å². The lowest BCUT2D eigenvalue weighted by Gasteiger charge is -2.30. The van der Waals surface area contributed by atoms with Crippen LogP contribution in [0.1, 0.15) is 11.1 Å². The molecule has 21 heavy (non-hydrogen) atoms. The van der Waals surface area contributed by atoms with Crippen molar-refractivity contribution in [3.05, 3.63) is 29.3 Å². The van der Waals surface area contributed by atoms with Crippen LogP contribution in [0.2, 0.25) is 0 Å². The molecule has 1 aliphatic rings. The molecule has 0 radical (unpaired) electrons. The third kappa shape index (κ3) is 4.97. The quantitative estimate of drug-likeness (QED) is 0.814. The minimum absolute atomic E-state index is 0.354. The number of phenols is 1. The summed E-state index contributed by atoms with van der Waals surface area (Å²) < 4.78 is 5.30. The molecule has 0 amide bonds.